The van der Waals surface area contributed by atoms with Gasteiger partial charge < -0.3 is 14.6 Å². The monoisotopic (exact) mass is 228 g/mol. The molecule has 16 heavy (non-hydrogen) atoms. The van der Waals surface area contributed by atoms with Crippen LogP contribution in [0, 0.1) is 5.82 Å². The van der Waals surface area contributed by atoms with Gasteiger partial charge in [-0.1, -0.05) is 6.07 Å². The fraction of sp³-hybridized carbons (Fsp3) is 0.500. The van der Waals surface area contributed by atoms with Crippen LogP contribution in [0.2, 0.25) is 0 Å². The van der Waals surface area contributed by atoms with Crippen LogP contribution in [0.25, 0.3) is 0 Å². The zero-order chi connectivity index (χ0) is 12.0. The second kappa shape index (κ2) is 6.45. The van der Waals surface area contributed by atoms with Gasteiger partial charge in [0.2, 0.25) is 0 Å². The Morgan fingerprint density at radius 1 is 1.38 bits per heavy atom. The molecule has 0 spiro atoms. The Morgan fingerprint density at radius 2 is 2.12 bits per heavy atom. The van der Waals surface area contributed by atoms with Crippen LogP contribution in [-0.2, 0) is 4.74 Å². The number of rotatable bonds is 6. The first kappa shape index (κ1) is 12.9. The molecule has 1 N–H and O–H groups in total. The van der Waals surface area contributed by atoms with E-state index in [1.165, 1.54) is 19.2 Å². The highest BCUT2D eigenvalue weighted by Gasteiger charge is 2.10. The molecule has 1 atom stereocenters. The number of methoxy groups -OCH3 is 2. The third-order valence-corrected chi connectivity index (χ3v) is 2.39. The predicted octanol–water partition coefficient (Wildman–Crippen LogP) is 2.29. The maximum Gasteiger partial charge on any atom is 0.165 e. The van der Waals surface area contributed by atoms with Gasteiger partial charge >= 0.3 is 0 Å². The summed E-state index contributed by atoms with van der Waals surface area (Å²) in [5.41, 5.74) is 0.661. The van der Waals surface area contributed by atoms with Gasteiger partial charge in [0.05, 0.1) is 13.2 Å². The maximum absolute atomic E-state index is 13.1. The van der Waals surface area contributed by atoms with Crippen LogP contribution in [0.3, 0.4) is 0 Å². The van der Waals surface area contributed by atoms with E-state index in [-0.39, 0.29) is 5.75 Å². The zero-order valence-electron chi connectivity index (χ0n) is 9.57. The molecule has 90 valence electrons. The van der Waals surface area contributed by atoms with Gasteiger partial charge in [0.1, 0.15) is 0 Å². The van der Waals surface area contributed by atoms with E-state index in [4.69, 9.17) is 9.47 Å². The average molecular weight is 228 g/mol. The second-order valence-corrected chi connectivity index (χ2v) is 3.54. The van der Waals surface area contributed by atoms with Gasteiger partial charge in [-0.05, 0) is 30.5 Å². The number of hydrogen-bond donors (Lipinski definition) is 1. The van der Waals surface area contributed by atoms with E-state index in [0.717, 1.165) is 6.42 Å². The molecular weight excluding hydrogens is 211 g/mol. The van der Waals surface area contributed by atoms with E-state index in [1.807, 2.05) is 0 Å². The molecule has 4 heteroatoms. The Balaban J connectivity index is 2.64. The zero-order valence-corrected chi connectivity index (χ0v) is 9.57. The molecule has 3 nitrogen and oxygen atoms in total. The van der Waals surface area contributed by atoms with Gasteiger partial charge in [0.25, 0.3) is 0 Å². The van der Waals surface area contributed by atoms with Gasteiger partial charge in [0.15, 0.2) is 11.6 Å². The van der Waals surface area contributed by atoms with Crippen molar-refractivity contribution in [2.45, 2.75) is 18.9 Å². The third-order valence-electron chi connectivity index (χ3n) is 2.39. The van der Waals surface area contributed by atoms with Crippen LogP contribution < -0.4 is 4.74 Å². The molecule has 0 aromatic heterocycles. The van der Waals surface area contributed by atoms with Crippen molar-refractivity contribution in [3.05, 3.63) is 29.6 Å². The quantitative estimate of drug-likeness (QED) is 0.759. The van der Waals surface area contributed by atoms with E-state index in [2.05, 4.69) is 0 Å². The second-order valence-electron chi connectivity index (χ2n) is 3.54. The Bertz CT molecular complexity index is 328. The summed E-state index contributed by atoms with van der Waals surface area (Å²) >= 11 is 0. The van der Waals surface area contributed by atoms with Gasteiger partial charge in [-0.25, -0.2) is 4.39 Å². The van der Waals surface area contributed by atoms with Crippen LogP contribution in [0.4, 0.5) is 4.39 Å². The largest absolute Gasteiger partial charge is 0.494 e. The van der Waals surface area contributed by atoms with E-state index in [0.29, 0.717) is 18.6 Å². The number of ether oxygens (including phenoxy) is 2. The van der Waals surface area contributed by atoms with Crippen LogP contribution in [0.15, 0.2) is 18.2 Å². The van der Waals surface area contributed by atoms with Crippen molar-refractivity contribution in [2.24, 2.45) is 0 Å². The molecule has 1 aromatic carbocycles. The minimum Gasteiger partial charge on any atom is -0.494 e. The first-order chi connectivity index (χ1) is 7.69. The summed E-state index contributed by atoms with van der Waals surface area (Å²) in [6.07, 6.45) is 0.740. The highest BCUT2D eigenvalue weighted by molar-refractivity contribution is 5.31. The molecule has 0 aliphatic rings. The van der Waals surface area contributed by atoms with Crippen molar-refractivity contribution in [1.29, 1.82) is 0 Å². The topological polar surface area (TPSA) is 38.7 Å². The summed E-state index contributed by atoms with van der Waals surface area (Å²) in [6, 6.07) is 4.38. The molecule has 0 aliphatic carbocycles. The minimum absolute atomic E-state index is 0.156. The lowest BCUT2D eigenvalue weighted by Crippen LogP contribution is -2.01. The fourth-order valence-electron chi connectivity index (χ4n) is 1.47. The smallest absolute Gasteiger partial charge is 0.165 e. The number of benzene rings is 1. The summed E-state index contributed by atoms with van der Waals surface area (Å²) in [5.74, 6) is -0.265. The molecular formula is C12H17FO3. The number of hydrogen-bond acceptors (Lipinski definition) is 3. The first-order valence-corrected chi connectivity index (χ1v) is 5.19. The third kappa shape index (κ3) is 3.47. The van der Waals surface area contributed by atoms with Gasteiger partial charge in [0, 0.05) is 13.7 Å². The number of aliphatic hydroxyl groups is 1. The summed E-state index contributed by atoms with van der Waals surface area (Å²) in [6.45, 7) is 0.607. The Hall–Kier alpha value is -1.13. The summed E-state index contributed by atoms with van der Waals surface area (Å²) in [7, 11) is 3.02. The molecule has 1 rings (SSSR count). The highest BCUT2D eigenvalue weighted by Crippen LogP contribution is 2.24. The lowest BCUT2D eigenvalue weighted by molar-refractivity contribution is 0.136. The molecule has 0 bridgehead atoms. The lowest BCUT2D eigenvalue weighted by Gasteiger charge is -2.12. The van der Waals surface area contributed by atoms with Crippen LogP contribution in [0.5, 0.6) is 5.75 Å². The number of halogens is 1. The maximum atomic E-state index is 13.1. The molecule has 0 amide bonds. The lowest BCUT2D eigenvalue weighted by atomic mass is 10.0. The average Bonchev–Trinajstić information content (AvgIpc) is 2.30. The Morgan fingerprint density at radius 3 is 2.75 bits per heavy atom. The molecule has 0 heterocycles. The minimum atomic E-state index is -0.607. The molecule has 0 fully saturated rings. The summed E-state index contributed by atoms with van der Waals surface area (Å²) in [5, 5.41) is 9.82. The van der Waals surface area contributed by atoms with Crippen molar-refractivity contribution in [3.8, 4) is 5.75 Å². The molecule has 1 aromatic rings. The van der Waals surface area contributed by atoms with Crippen molar-refractivity contribution in [3.63, 3.8) is 0 Å². The van der Waals surface area contributed by atoms with Gasteiger partial charge in [-0.3, -0.25) is 0 Å². The molecule has 0 saturated carbocycles. The van der Waals surface area contributed by atoms with Gasteiger partial charge in [-0.15, -0.1) is 0 Å². The van der Waals surface area contributed by atoms with Crippen LogP contribution in [-0.4, -0.2) is 25.9 Å². The standard InChI is InChI=1S/C12H17FO3/c1-15-7-3-4-11(14)9-5-6-10(13)12(8-9)16-2/h5-6,8,11,14H,3-4,7H2,1-2H3. The Labute approximate surface area is 94.8 Å². The predicted molar refractivity (Wildman–Crippen MR) is 59.0 cm³/mol. The van der Waals surface area contributed by atoms with Gasteiger partial charge in [-0.2, -0.15) is 0 Å². The van der Waals surface area contributed by atoms with E-state index in [1.54, 1.807) is 13.2 Å². The van der Waals surface area contributed by atoms with Crippen LogP contribution >= 0.6 is 0 Å². The van der Waals surface area contributed by atoms with E-state index in [9.17, 15) is 9.50 Å². The van der Waals surface area contributed by atoms with Crippen molar-refractivity contribution < 1.29 is 19.0 Å². The van der Waals surface area contributed by atoms with Crippen molar-refractivity contribution in [2.75, 3.05) is 20.8 Å². The SMILES string of the molecule is COCCCC(O)c1ccc(F)c(OC)c1. The first-order valence-electron chi connectivity index (χ1n) is 5.19. The summed E-state index contributed by atoms with van der Waals surface area (Å²) < 4.78 is 22.9. The molecule has 0 saturated heterocycles. The normalized spacial score (nSPS) is 12.5. The van der Waals surface area contributed by atoms with Crippen LogP contribution in [0.1, 0.15) is 24.5 Å². The summed E-state index contributed by atoms with van der Waals surface area (Å²) in [4.78, 5) is 0. The van der Waals surface area contributed by atoms with Crippen molar-refractivity contribution in [1.82, 2.24) is 0 Å². The van der Waals surface area contributed by atoms with E-state index >= 15 is 0 Å². The molecule has 0 aliphatic heterocycles. The molecule has 0 radical (unpaired) electrons. The van der Waals surface area contributed by atoms with Crippen molar-refractivity contribution >= 4 is 0 Å². The molecule has 1 unspecified atom stereocenters. The number of aliphatic hydroxyl groups excluding tert-OH is 1. The Kier molecular flexibility index (Phi) is 5.22. The fourth-order valence-corrected chi connectivity index (χ4v) is 1.47. The van der Waals surface area contributed by atoms with E-state index < -0.39 is 11.9 Å². The highest BCUT2D eigenvalue weighted by atomic mass is 19.1.